The van der Waals surface area contributed by atoms with Crippen LogP contribution in [0.5, 0.6) is 0 Å². The monoisotopic (exact) mass is 524 g/mol. The van der Waals surface area contributed by atoms with Crippen molar-refractivity contribution in [2.75, 3.05) is 63.6 Å². The normalized spacial score (nSPS) is 20.4. The van der Waals surface area contributed by atoms with Crippen LogP contribution >= 0.6 is 11.3 Å². The minimum atomic E-state index is -3.13. The number of rotatable bonds is 5. The zero-order valence-electron chi connectivity index (χ0n) is 20.1. The zero-order chi connectivity index (χ0) is 24.7. The number of hydrogen-bond acceptors (Lipinski definition) is 9. The van der Waals surface area contributed by atoms with Crippen molar-refractivity contribution in [3.05, 3.63) is 48.0 Å². The summed E-state index contributed by atoms with van der Waals surface area (Å²) in [4.78, 5) is 19.1. The molecule has 0 radical (unpaired) electrons. The Bertz CT molecular complexity index is 1500. The lowest BCUT2D eigenvalue weighted by Crippen LogP contribution is -2.53. The number of anilines is 1. The summed E-state index contributed by atoms with van der Waals surface area (Å²) in [6.45, 7) is 5.37. The molecule has 2 saturated heterocycles. The fourth-order valence-corrected chi connectivity index (χ4v) is 6.61. The van der Waals surface area contributed by atoms with E-state index in [1.807, 2.05) is 30.5 Å². The highest BCUT2D eigenvalue weighted by Crippen LogP contribution is 2.33. The van der Waals surface area contributed by atoms with Crippen molar-refractivity contribution in [2.24, 2.45) is 0 Å². The van der Waals surface area contributed by atoms with E-state index in [9.17, 15) is 8.42 Å². The van der Waals surface area contributed by atoms with Gasteiger partial charge in [-0.25, -0.2) is 18.4 Å². The third-order valence-electron chi connectivity index (χ3n) is 6.83. The van der Waals surface area contributed by atoms with Gasteiger partial charge in [-0.1, -0.05) is 18.2 Å². The van der Waals surface area contributed by atoms with Gasteiger partial charge in [0.1, 0.15) is 0 Å². The van der Waals surface area contributed by atoms with Crippen LogP contribution in [0, 0.1) is 0 Å². The Balaban J connectivity index is 1.23. The molecule has 188 valence electrons. The van der Waals surface area contributed by atoms with E-state index in [2.05, 4.69) is 32.3 Å². The van der Waals surface area contributed by atoms with E-state index in [0.29, 0.717) is 38.6 Å². The number of benzene rings is 1. The summed E-state index contributed by atoms with van der Waals surface area (Å²) >= 11 is 1.66. The quantitative estimate of drug-likeness (QED) is 0.394. The molecule has 0 saturated carbocycles. The van der Waals surface area contributed by atoms with E-state index in [1.165, 1.54) is 6.26 Å². The lowest BCUT2D eigenvalue weighted by atomic mass is 10.1. The number of aromatic nitrogens is 3. The van der Waals surface area contributed by atoms with Crippen LogP contribution < -0.4 is 4.90 Å². The molecule has 0 aliphatic carbocycles. The van der Waals surface area contributed by atoms with Crippen LogP contribution in [0.4, 0.5) is 5.82 Å². The summed E-state index contributed by atoms with van der Waals surface area (Å²) in [6, 6.07) is 12.2. The molecule has 0 N–H and O–H groups in total. The molecule has 0 bridgehead atoms. The second-order valence-electron chi connectivity index (χ2n) is 9.32. The number of hydrogen-bond donors (Lipinski definition) is 0. The summed E-state index contributed by atoms with van der Waals surface area (Å²) in [6.07, 6.45) is 3.15. The van der Waals surface area contributed by atoms with Gasteiger partial charge in [-0.05, 0) is 23.6 Å². The van der Waals surface area contributed by atoms with Gasteiger partial charge in [0.25, 0.3) is 0 Å². The molecule has 0 amide bonds. The first-order chi connectivity index (χ1) is 17.4. The molecule has 4 aromatic rings. The van der Waals surface area contributed by atoms with E-state index in [-0.39, 0.29) is 6.10 Å². The Morgan fingerprint density at radius 2 is 1.89 bits per heavy atom. The van der Waals surface area contributed by atoms with E-state index < -0.39 is 10.0 Å². The predicted molar refractivity (Wildman–Crippen MR) is 143 cm³/mol. The molecule has 36 heavy (non-hydrogen) atoms. The second kappa shape index (κ2) is 9.64. The molecule has 11 heteroatoms. The van der Waals surface area contributed by atoms with Gasteiger partial charge >= 0.3 is 0 Å². The number of piperazine rings is 1. The molecule has 1 aromatic carbocycles. The summed E-state index contributed by atoms with van der Waals surface area (Å²) in [5, 5.41) is 3.12. The van der Waals surface area contributed by atoms with Crippen LogP contribution in [0.3, 0.4) is 0 Å². The SMILES string of the molecule is CS(=O)(=O)N1CCN(CC2CN(c3nc(-c4cnc5ccccc5c4)nc4ccsc34)CCO2)CC1. The van der Waals surface area contributed by atoms with Gasteiger partial charge in [-0.2, -0.15) is 4.31 Å². The predicted octanol–water partition coefficient (Wildman–Crippen LogP) is 2.69. The third kappa shape index (κ3) is 4.81. The smallest absolute Gasteiger partial charge is 0.211 e. The summed E-state index contributed by atoms with van der Waals surface area (Å²) in [7, 11) is -3.13. The maximum absolute atomic E-state index is 11.8. The molecular formula is C25H28N6O3S2. The van der Waals surface area contributed by atoms with Gasteiger partial charge in [0.05, 0.1) is 34.7 Å². The van der Waals surface area contributed by atoms with E-state index in [4.69, 9.17) is 14.7 Å². The molecule has 2 fully saturated rings. The van der Waals surface area contributed by atoms with Crippen molar-refractivity contribution in [1.82, 2.24) is 24.2 Å². The van der Waals surface area contributed by atoms with Crippen molar-refractivity contribution >= 4 is 48.3 Å². The number of thiophene rings is 1. The number of morpholine rings is 1. The second-order valence-corrected chi connectivity index (χ2v) is 12.2. The average molecular weight is 525 g/mol. The highest BCUT2D eigenvalue weighted by atomic mass is 32.2. The molecule has 3 aromatic heterocycles. The topological polar surface area (TPSA) is 91.8 Å². The summed E-state index contributed by atoms with van der Waals surface area (Å²) in [5.74, 6) is 1.61. The van der Waals surface area contributed by atoms with Crippen molar-refractivity contribution in [3.63, 3.8) is 0 Å². The van der Waals surface area contributed by atoms with Crippen LogP contribution in [0.25, 0.3) is 32.5 Å². The number of para-hydroxylation sites is 1. The number of fused-ring (bicyclic) bond motifs is 2. The van der Waals surface area contributed by atoms with E-state index in [0.717, 1.165) is 52.1 Å². The highest BCUT2D eigenvalue weighted by Gasteiger charge is 2.29. The lowest BCUT2D eigenvalue weighted by molar-refractivity contribution is 0.00980. The zero-order valence-corrected chi connectivity index (χ0v) is 21.7. The number of sulfonamides is 1. The van der Waals surface area contributed by atoms with Crippen molar-refractivity contribution in [2.45, 2.75) is 6.10 Å². The molecule has 5 heterocycles. The summed E-state index contributed by atoms with van der Waals surface area (Å²) < 4.78 is 32.4. The standard InChI is InChI=1S/C25H28N6O3S2/c1-36(32,33)31-9-7-29(8-10-31)16-20-17-30(11-12-34-20)25-23-22(6-13-35-23)27-24(28-25)19-14-18-4-2-3-5-21(18)26-15-19/h2-6,13-15,20H,7-12,16-17H2,1H3. The first-order valence-corrected chi connectivity index (χ1v) is 14.8. The number of nitrogens with zero attached hydrogens (tertiary/aromatic N) is 6. The number of ether oxygens (including phenoxy) is 1. The Kier molecular flexibility index (Phi) is 6.34. The Labute approximate surface area is 214 Å². The van der Waals surface area contributed by atoms with Gasteiger partial charge in [-0.3, -0.25) is 9.88 Å². The largest absolute Gasteiger partial charge is 0.373 e. The summed E-state index contributed by atoms with van der Waals surface area (Å²) in [5.41, 5.74) is 2.79. The lowest BCUT2D eigenvalue weighted by Gasteiger charge is -2.39. The molecular weight excluding hydrogens is 496 g/mol. The van der Waals surface area contributed by atoms with Crippen LogP contribution in [0.15, 0.2) is 48.0 Å². The van der Waals surface area contributed by atoms with Crippen molar-refractivity contribution < 1.29 is 13.2 Å². The van der Waals surface area contributed by atoms with E-state index >= 15 is 0 Å². The first-order valence-electron chi connectivity index (χ1n) is 12.1. The van der Waals surface area contributed by atoms with E-state index in [1.54, 1.807) is 15.6 Å². The minimum absolute atomic E-state index is 0.0271. The molecule has 6 rings (SSSR count). The Morgan fingerprint density at radius 3 is 2.72 bits per heavy atom. The maximum atomic E-state index is 11.8. The van der Waals surface area contributed by atoms with Crippen LogP contribution in [-0.4, -0.2) is 97.4 Å². The highest BCUT2D eigenvalue weighted by molar-refractivity contribution is 7.88. The molecule has 9 nitrogen and oxygen atoms in total. The van der Waals surface area contributed by atoms with Gasteiger partial charge in [-0.15, -0.1) is 11.3 Å². The van der Waals surface area contributed by atoms with Gasteiger partial charge in [0.2, 0.25) is 10.0 Å². The molecule has 2 aliphatic heterocycles. The van der Waals surface area contributed by atoms with Crippen LogP contribution in [0.2, 0.25) is 0 Å². The van der Waals surface area contributed by atoms with Crippen LogP contribution in [0.1, 0.15) is 0 Å². The molecule has 2 aliphatic rings. The fraction of sp³-hybridized carbons (Fsp3) is 0.400. The molecule has 1 unspecified atom stereocenters. The average Bonchev–Trinajstić information content (AvgIpc) is 3.37. The van der Waals surface area contributed by atoms with Gasteiger partial charge in [0, 0.05) is 63.0 Å². The molecule has 0 spiro atoms. The first kappa shape index (κ1) is 23.7. The van der Waals surface area contributed by atoms with Crippen LogP contribution in [-0.2, 0) is 14.8 Å². The Hall–Kier alpha value is -2.70. The maximum Gasteiger partial charge on any atom is 0.211 e. The number of pyridine rings is 1. The third-order valence-corrected chi connectivity index (χ3v) is 9.04. The Morgan fingerprint density at radius 1 is 1.06 bits per heavy atom. The molecule has 1 atom stereocenters. The van der Waals surface area contributed by atoms with Gasteiger partial charge in [0.15, 0.2) is 11.6 Å². The van der Waals surface area contributed by atoms with Crippen molar-refractivity contribution in [1.29, 1.82) is 0 Å². The minimum Gasteiger partial charge on any atom is -0.373 e. The fourth-order valence-electron chi connectivity index (χ4n) is 4.94. The van der Waals surface area contributed by atoms with Crippen molar-refractivity contribution in [3.8, 4) is 11.4 Å². The van der Waals surface area contributed by atoms with Gasteiger partial charge < -0.3 is 9.64 Å².